The van der Waals surface area contributed by atoms with Crippen LogP contribution in [0.4, 0.5) is 5.69 Å². The summed E-state index contributed by atoms with van der Waals surface area (Å²) < 4.78 is 26.7. The highest BCUT2D eigenvalue weighted by Crippen LogP contribution is 2.31. The molecule has 0 saturated carbocycles. The zero-order valence-corrected chi connectivity index (χ0v) is 19.1. The molecule has 7 nitrogen and oxygen atoms in total. The van der Waals surface area contributed by atoms with Crippen molar-refractivity contribution >= 4 is 45.2 Å². The van der Waals surface area contributed by atoms with E-state index < -0.39 is 10.0 Å². The lowest BCUT2D eigenvalue weighted by Crippen LogP contribution is -2.50. The summed E-state index contributed by atoms with van der Waals surface area (Å²) in [6.07, 6.45) is 2.81. The van der Waals surface area contributed by atoms with Crippen LogP contribution in [0.3, 0.4) is 0 Å². The van der Waals surface area contributed by atoms with E-state index in [9.17, 15) is 18.0 Å². The van der Waals surface area contributed by atoms with Gasteiger partial charge in [-0.3, -0.25) is 9.59 Å². The number of carbonyl (C=O) groups excluding carboxylic acids is 2. The summed E-state index contributed by atoms with van der Waals surface area (Å²) in [5, 5.41) is 1.64. The predicted octanol–water partition coefficient (Wildman–Crippen LogP) is 3.23. The Balaban J connectivity index is 1.41. The number of amides is 2. The highest BCUT2D eigenvalue weighted by Gasteiger charge is 2.29. The fourth-order valence-electron chi connectivity index (χ4n) is 3.90. The van der Waals surface area contributed by atoms with Gasteiger partial charge in [0.2, 0.25) is 15.9 Å². The first-order valence-electron chi connectivity index (χ1n) is 10.5. The van der Waals surface area contributed by atoms with Crippen molar-refractivity contribution in [2.24, 2.45) is 0 Å². The first-order chi connectivity index (χ1) is 15.3. The number of hydrogen-bond donors (Lipinski definition) is 0. The monoisotopic (exact) mass is 473 g/mol. The van der Waals surface area contributed by atoms with Crippen LogP contribution in [0.1, 0.15) is 28.8 Å². The Labute approximate surface area is 192 Å². The zero-order valence-electron chi connectivity index (χ0n) is 17.5. The van der Waals surface area contributed by atoms with Crippen LogP contribution in [0, 0.1) is 0 Å². The van der Waals surface area contributed by atoms with E-state index in [2.05, 4.69) is 0 Å². The average Bonchev–Trinajstić information content (AvgIpc) is 3.24. The maximum atomic E-state index is 13.0. The summed E-state index contributed by atoms with van der Waals surface area (Å²) in [4.78, 5) is 28.4. The highest BCUT2D eigenvalue weighted by molar-refractivity contribution is 7.92. The van der Waals surface area contributed by atoms with Crippen molar-refractivity contribution in [1.29, 1.82) is 0 Å². The van der Waals surface area contributed by atoms with Crippen LogP contribution in [-0.4, -0.2) is 62.2 Å². The Kier molecular flexibility index (Phi) is 6.64. The second kappa shape index (κ2) is 9.44. The van der Waals surface area contributed by atoms with Gasteiger partial charge in [0.25, 0.3) is 5.91 Å². The van der Waals surface area contributed by atoms with Crippen molar-refractivity contribution in [3.05, 3.63) is 70.1 Å². The minimum atomic E-state index is -3.57. The van der Waals surface area contributed by atoms with Gasteiger partial charge in [0.05, 0.1) is 10.7 Å². The number of nitrogens with zero attached hydrogens (tertiary/aromatic N) is 3. The van der Waals surface area contributed by atoms with E-state index in [1.165, 1.54) is 9.71 Å². The summed E-state index contributed by atoms with van der Waals surface area (Å²) in [5.41, 5.74) is 1.79. The van der Waals surface area contributed by atoms with Gasteiger partial charge in [-0.15, -0.1) is 0 Å². The zero-order chi connectivity index (χ0) is 22.7. The predicted molar refractivity (Wildman–Crippen MR) is 125 cm³/mol. The van der Waals surface area contributed by atoms with E-state index in [1.54, 1.807) is 34.1 Å². The van der Waals surface area contributed by atoms with Crippen molar-refractivity contribution in [2.75, 3.05) is 37.6 Å². The Morgan fingerprint density at radius 3 is 2.34 bits per heavy atom. The third-order valence-electron chi connectivity index (χ3n) is 5.68. The van der Waals surface area contributed by atoms with Crippen molar-refractivity contribution in [3.8, 4) is 0 Å². The molecule has 0 aromatic heterocycles. The molecule has 0 bridgehead atoms. The molecule has 0 N–H and O–H groups in total. The first-order valence-corrected chi connectivity index (χ1v) is 12.4. The molecule has 0 spiro atoms. The van der Waals surface area contributed by atoms with E-state index in [4.69, 9.17) is 11.6 Å². The Hall–Kier alpha value is -2.68. The molecule has 32 heavy (non-hydrogen) atoms. The Bertz CT molecular complexity index is 1140. The largest absolute Gasteiger partial charge is 0.336 e. The number of piperazine rings is 1. The number of benzene rings is 2. The molecule has 2 saturated heterocycles. The average molecular weight is 474 g/mol. The van der Waals surface area contributed by atoms with Crippen LogP contribution in [0.2, 0.25) is 5.02 Å². The number of rotatable bonds is 5. The summed E-state index contributed by atoms with van der Waals surface area (Å²) >= 11 is 6.28. The topological polar surface area (TPSA) is 78.0 Å². The highest BCUT2D eigenvalue weighted by atomic mass is 35.5. The fourth-order valence-corrected chi connectivity index (χ4v) is 5.29. The van der Waals surface area contributed by atoms with Gasteiger partial charge in [0.1, 0.15) is 0 Å². The molecule has 2 fully saturated rings. The second-order valence-corrected chi connectivity index (χ2v) is 9.99. The number of halogens is 1. The molecule has 9 heteroatoms. The second-order valence-electron chi connectivity index (χ2n) is 7.76. The maximum absolute atomic E-state index is 13.0. The molecule has 2 aromatic carbocycles. The number of carbonyl (C=O) groups is 2. The lowest BCUT2D eigenvalue weighted by Gasteiger charge is -2.33. The van der Waals surface area contributed by atoms with Gasteiger partial charge in [0.15, 0.2) is 0 Å². The smallest absolute Gasteiger partial charge is 0.254 e. The number of sulfonamides is 1. The van der Waals surface area contributed by atoms with Crippen LogP contribution in [-0.2, 0) is 14.8 Å². The molecule has 2 aromatic rings. The summed E-state index contributed by atoms with van der Waals surface area (Å²) in [5.74, 6) is -0.203. The van der Waals surface area contributed by atoms with Crippen LogP contribution in [0.5, 0.6) is 0 Å². The van der Waals surface area contributed by atoms with Gasteiger partial charge in [-0.05, 0) is 36.3 Å². The summed E-state index contributed by atoms with van der Waals surface area (Å²) in [6.45, 7) is 1.61. The van der Waals surface area contributed by atoms with Gasteiger partial charge in [0, 0.05) is 50.1 Å². The van der Waals surface area contributed by atoms with Crippen LogP contribution >= 0.6 is 11.6 Å². The van der Waals surface area contributed by atoms with Gasteiger partial charge in [-0.25, -0.2) is 8.42 Å². The Morgan fingerprint density at radius 1 is 0.969 bits per heavy atom. The van der Waals surface area contributed by atoms with Crippen molar-refractivity contribution < 1.29 is 18.0 Å². The lowest BCUT2D eigenvalue weighted by molar-refractivity contribution is -0.117. The van der Waals surface area contributed by atoms with Crippen molar-refractivity contribution in [1.82, 2.24) is 9.21 Å². The molecular formula is C23H24ClN3O4S. The molecule has 2 aliphatic rings. The van der Waals surface area contributed by atoms with Gasteiger partial charge in [-0.2, -0.15) is 4.31 Å². The summed E-state index contributed by atoms with van der Waals surface area (Å²) in [7, 11) is -3.57. The minimum absolute atomic E-state index is 0.00104. The molecule has 2 aliphatic heterocycles. The van der Waals surface area contributed by atoms with E-state index in [0.29, 0.717) is 29.2 Å². The fraction of sp³-hybridized carbons (Fsp3) is 0.304. The van der Waals surface area contributed by atoms with Crippen LogP contribution < -0.4 is 4.90 Å². The molecule has 4 rings (SSSR count). The number of anilines is 1. The molecule has 0 unspecified atom stereocenters. The number of hydrogen-bond acceptors (Lipinski definition) is 4. The quantitative estimate of drug-likeness (QED) is 0.668. The molecule has 168 valence electrons. The van der Waals surface area contributed by atoms with E-state index in [0.717, 1.165) is 12.0 Å². The maximum Gasteiger partial charge on any atom is 0.254 e. The van der Waals surface area contributed by atoms with E-state index >= 15 is 0 Å². The molecule has 0 atom stereocenters. The summed E-state index contributed by atoms with van der Waals surface area (Å²) in [6, 6.07) is 14.1. The molecule has 0 radical (unpaired) electrons. The first kappa shape index (κ1) is 22.5. The van der Waals surface area contributed by atoms with Crippen molar-refractivity contribution in [2.45, 2.75) is 12.8 Å². The Morgan fingerprint density at radius 2 is 1.69 bits per heavy atom. The molecule has 0 aliphatic carbocycles. The van der Waals surface area contributed by atoms with E-state index in [1.807, 2.05) is 30.3 Å². The van der Waals surface area contributed by atoms with Gasteiger partial charge < -0.3 is 9.80 Å². The molecule has 2 heterocycles. The lowest BCUT2D eigenvalue weighted by atomic mass is 10.1. The van der Waals surface area contributed by atoms with Gasteiger partial charge >= 0.3 is 0 Å². The van der Waals surface area contributed by atoms with Crippen LogP contribution in [0.25, 0.3) is 6.08 Å². The van der Waals surface area contributed by atoms with Crippen LogP contribution in [0.15, 0.2) is 53.9 Å². The minimum Gasteiger partial charge on any atom is -0.336 e. The standard InChI is InChI=1S/C23H24ClN3O4S/c24-20-9-8-19(17-21(20)27-11-4-7-22(27)28)23(29)25-12-14-26(15-13-25)32(30,31)16-10-18-5-2-1-3-6-18/h1-3,5-6,8-10,16-17H,4,7,11-15H2/b16-10+. The normalized spacial score (nSPS) is 18.0. The molecular weight excluding hydrogens is 450 g/mol. The third-order valence-corrected chi connectivity index (χ3v) is 7.56. The molecule has 2 amide bonds. The third kappa shape index (κ3) is 4.87. The van der Waals surface area contributed by atoms with Gasteiger partial charge in [-0.1, -0.05) is 41.9 Å². The van der Waals surface area contributed by atoms with E-state index in [-0.39, 0.29) is 38.0 Å². The SMILES string of the molecule is O=C(c1ccc(Cl)c(N2CCCC2=O)c1)N1CCN(S(=O)(=O)/C=C/c2ccccc2)CC1. The van der Waals surface area contributed by atoms with Crippen molar-refractivity contribution in [3.63, 3.8) is 0 Å².